The zero-order valence-electron chi connectivity index (χ0n) is 16.0. The number of nitrogens with zero attached hydrogens (tertiary/aromatic N) is 1. The van der Waals surface area contributed by atoms with Gasteiger partial charge < -0.3 is 10.2 Å². The summed E-state index contributed by atoms with van der Waals surface area (Å²) in [5, 5.41) is 2.82. The van der Waals surface area contributed by atoms with E-state index in [0.29, 0.717) is 12.1 Å². The molecule has 146 valence electrons. The fourth-order valence-electron chi connectivity index (χ4n) is 2.59. The highest BCUT2D eigenvalue weighted by atomic mass is 32.2. The van der Waals surface area contributed by atoms with Crippen LogP contribution < -0.4 is 10.0 Å². The molecule has 2 aromatic rings. The van der Waals surface area contributed by atoms with Crippen molar-refractivity contribution in [3.8, 4) is 0 Å². The van der Waals surface area contributed by atoms with E-state index in [1.807, 2.05) is 50.2 Å². The lowest BCUT2D eigenvalue weighted by atomic mass is 10.1. The summed E-state index contributed by atoms with van der Waals surface area (Å²) in [4.78, 5) is 14.4. The van der Waals surface area contributed by atoms with Crippen molar-refractivity contribution in [2.75, 3.05) is 27.2 Å². The van der Waals surface area contributed by atoms with Crippen molar-refractivity contribution in [2.45, 2.75) is 24.8 Å². The maximum atomic E-state index is 12.6. The maximum absolute atomic E-state index is 12.6. The van der Waals surface area contributed by atoms with E-state index >= 15 is 0 Å². The molecule has 2 aromatic carbocycles. The van der Waals surface area contributed by atoms with Crippen molar-refractivity contribution >= 4 is 15.9 Å². The largest absolute Gasteiger partial charge is 0.352 e. The monoisotopic (exact) mass is 389 g/mol. The first-order valence-corrected chi connectivity index (χ1v) is 10.3. The molecule has 0 spiro atoms. The van der Waals surface area contributed by atoms with Crippen LogP contribution in [0.2, 0.25) is 0 Å². The Hall–Kier alpha value is -2.22. The zero-order chi connectivity index (χ0) is 19.9. The molecule has 0 bridgehead atoms. The number of nitrogens with one attached hydrogen (secondary N) is 2. The van der Waals surface area contributed by atoms with Crippen LogP contribution in [0.3, 0.4) is 0 Å². The highest BCUT2D eigenvalue weighted by molar-refractivity contribution is 7.89. The number of hydrogen-bond donors (Lipinski definition) is 2. The molecule has 0 aromatic heterocycles. The molecule has 0 atom stereocenters. The third-order valence-corrected chi connectivity index (χ3v) is 5.42. The van der Waals surface area contributed by atoms with Gasteiger partial charge in [-0.3, -0.25) is 4.79 Å². The maximum Gasteiger partial charge on any atom is 0.251 e. The summed E-state index contributed by atoms with van der Waals surface area (Å²) in [5.41, 5.74) is 2.28. The molecule has 27 heavy (non-hydrogen) atoms. The van der Waals surface area contributed by atoms with E-state index < -0.39 is 10.0 Å². The van der Waals surface area contributed by atoms with Crippen LogP contribution in [0, 0.1) is 6.92 Å². The van der Waals surface area contributed by atoms with Gasteiger partial charge in [-0.1, -0.05) is 35.9 Å². The second kappa shape index (κ2) is 9.64. The summed E-state index contributed by atoms with van der Waals surface area (Å²) in [5.74, 6) is -0.274. The molecule has 2 N–H and O–H groups in total. The number of hydrogen-bond acceptors (Lipinski definition) is 4. The van der Waals surface area contributed by atoms with E-state index in [0.717, 1.165) is 24.1 Å². The first kappa shape index (κ1) is 21.1. The number of rotatable bonds is 9. The normalized spacial score (nSPS) is 11.6. The summed E-state index contributed by atoms with van der Waals surface area (Å²) >= 11 is 0. The summed E-state index contributed by atoms with van der Waals surface area (Å²) in [6, 6.07) is 13.7. The average Bonchev–Trinajstić information content (AvgIpc) is 2.63. The van der Waals surface area contributed by atoms with Gasteiger partial charge in [0.25, 0.3) is 5.91 Å². The topological polar surface area (TPSA) is 78.5 Å². The molecule has 0 radical (unpaired) electrons. The molecule has 7 heteroatoms. The Labute approximate surface area is 161 Å². The molecule has 0 unspecified atom stereocenters. The number of carbonyl (C=O) groups excluding carboxylic acids is 1. The van der Waals surface area contributed by atoms with Crippen molar-refractivity contribution in [3.63, 3.8) is 0 Å². The van der Waals surface area contributed by atoms with Crippen molar-refractivity contribution in [1.29, 1.82) is 0 Å². The molecule has 1 amide bonds. The molecule has 0 aliphatic heterocycles. The minimum absolute atomic E-state index is 0.0797. The van der Waals surface area contributed by atoms with E-state index in [2.05, 4.69) is 10.0 Å². The fraction of sp³-hybridized carbons (Fsp3) is 0.350. The molecule has 0 aliphatic rings. The Morgan fingerprint density at radius 2 is 1.81 bits per heavy atom. The van der Waals surface area contributed by atoms with Gasteiger partial charge in [0.05, 0.1) is 4.90 Å². The van der Waals surface area contributed by atoms with Gasteiger partial charge >= 0.3 is 0 Å². The SMILES string of the molecule is Cc1cccc(CNS(=O)(=O)c2cccc(C(=O)NCCCN(C)C)c2)c1. The number of aryl methyl sites for hydroxylation is 1. The highest BCUT2D eigenvalue weighted by Crippen LogP contribution is 2.13. The predicted octanol–water partition coefficient (Wildman–Crippen LogP) is 2.16. The standard InChI is InChI=1S/C20H27N3O3S/c1-16-7-4-8-17(13-16)15-22-27(25,26)19-10-5-9-18(14-19)20(24)21-11-6-12-23(2)3/h4-5,7-10,13-14,22H,6,11-12,15H2,1-3H3,(H,21,24). The van der Waals surface area contributed by atoms with Crippen LogP contribution in [0.4, 0.5) is 0 Å². The minimum Gasteiger partial charge on any atom is -0.352 e. The zero-order valence-corrected chi connectivity index (χ0v) is 16.8. The lowest BCUT2D eigenvalue weighted by Crippen LogP contribution is -2.28. The van der Waals surface area contributed by atoms with E-state index in [1.54, 1.807) is 12.1 Å². The third-order valence-electron chi connectivity index (χ3n) is 4.02. The molecule has 0 saturated heterocycles. The third kappa shape index (κ3) is 6.78. The second-order valence-corrected chi connectivity index (χ2v) is 8.52. The average molecular weight is 390 g/mol. The van der Waals surface area contributed by atoms with Gasteiger partial charge in [-0.2, -0.15) is 0 Å². The van der Waals surface area contributed by atoms with Crippen LogP contribution in [0.5, 0.6) is 0 Å². The summed E-state index contributed by atoms with van der Waals surface area (Å²) in [6.07, 6.45) is 0.828. The predicted molar refractivity (Wildman–Crippen MR) is 107 cm³/mol. The number of amides is 1. The van der Waals surface area contributed by atoms with E-state index in [1.165, 1.54) is 12.1 Å². The summed E-state index contributed by atoms with van der Waals surface area (Å²) in [7, 11) is 0.244. The molecular formula is C20H27N3O3S. The Balaban J connectivity index is 2.01. The van der Waals surface area contributed by atoms with E-state index in [4.69, 9.17) is 0 Å². The quantitative estimate of drug-likeness (QED) is 0.644. The van der Waals surface area contributed by atoms with Crippen LogP contribution in [0.25, 0.3) is 0 Å². The first-order chi connectivity index (χ1) is 12.8. The Bertz CT molecular complexity index is 880. The van der Waals surface area contributed by atoms with Gasteiger partial charge in [0.1, 0.15) is 0 Å². The lowest BCUT2D eigenvalue weighted by molar-refractivity contribution is 0.0952. The van der Waals surface area contributed by atoms with Crippen molar-refractivity contribution in [3.05, 3.63) is 65.2 Å². The molecule has 0 aliphatic carbocycles. The van der Waals surface area contributed by atoms with Gasteiger partial charge in [-0.25, -0.2) is 13.1 Å². The summed E-state index contributed by atoms with van der Waals surface area (Å²) < 4.78 is 27.7. The van der Waals surface area contributed by atoms with Gasteiger partial charge in [0.2, 0.25) is 10.0 Å². The highest BCUT2D eigenvalue weighted by Gasteiger charge is 2.16. The number of sulfonamides is 1. The number of carbonyl (C=O) groups is 1. The van der Waals surface area contributed by atoms with Crippen molar-refractivity contribution in [1.82, 2.24) is 14.9 Å². The lowest BCUT2D eigenvalue weighted by Gasteiger charge is -2.11. The Morgan fingerprint density at radius 3 is 2.52 bits per heavy atom. The molecule has 0 fully saturated rings. The fourth-order valence-corrected chi connectivity index (χ4v) is 3.65. The van der Waals surface area contributed by atoms with Crippen LogP contribution in [-0.4, -0.2) is 46.4 Å². The van der Waals surface area contributed by atoms with Crippen molar-refractivity contribution in [2.24, 2.45) is 0 Å². The molecule has 0 heterocycles. The molecule has 6 nitrogen and oxygen atoms in total. The Kier molecular flexibility index (Phi) is 7.53. The first-order valence-electron chi connectivity index (χ1n) is 8.86. The van der Waals surface area contributed by atoms with Crippen LogP contribution in [0.15, 0.2) is 53.4 Å². The Morgan fingerprint density at radius 1 is 1.07 bits per heavy atom. The molecular weight excluding hydrogens is 362 g/mol. The second-order valence-electron chi connectivity index (χ2n) is 6.75. The molecule has 0 saturated carbocycles. The van der Waals surface area contributed by atoms with Gasteiger partial charge in [0, 0.05) is 18.7 Å². The van der Waals surface area contributed by atoms with Crippen LogP contribution in [-0.2, 0) is 16.6 Å². The summed E-state index contributed by atoms with van der Waals surface area (Å²) in [6.45, 7) is 3.57. The van der Waals surface area contributed by atoms with Gasteiger partial charge in [-0.05, 0) is 57.7 Å². The van der Waals surface area contributed by atoms with Crippen LogP contribution >= 0.6 is 0 Å². The minimum atomic E-state index is -3.70. The van der Waals surface area contributed by atoms with Gasteiger partial charge in [-0.15, -0.1) is 0 Å². The smallest absolute Gasteiger partial charge is 0.251 e. The van der Waals surface area contributed by atoms with E-state index in [9.17, 15) is 13.2 Å². The van der Waals surface area contributed by atoms with Gasteiger partial charge in [0.15, 0.2) is 0 Å². The molecule has 2 rings (SSSR count). The van der Waals surface area contributed by atoms with E-state index in [-0.39, 0.29) is 17.3 Å². The van der Waals surface area contributed by atoms with Crippen LogP contribution in [0.1, 0.15) is 27.9 Å². The van der Waals surface area contributed by atoms with Crippen molar-refractivity contribution < 1.29 is 13.2 Å². The number of benzene rings is 2.